The molecule has 0 aliphatic rings. The number of alkyl halides is 1. The van der Waals surface area contributed by atoms with Gasteiger partial charge in [-0.15, -0.1) is 0 Å². The normalized spacial score (nSPS) is 11.5. The zero-order valence-corrected chi connectivity index (χ0v) is 19.2. The van der Waals surface area contributed by atoms with Gasteiger partial charge < -0.3 is 14.2 Å². The summed E-state index contributed by atoms with van der Waals surface area (Å²) in [5.74, 6) is 0.418. The van der Waals surface area contributed by atoms with Gasteiger partial charge >= 0.3 is 12.2 Å². The van der Waals surface area contributed by atoms with Crippen LogP contribution in [-0.4, -0.2) is 42.6 Å². The molecule has 2 amide bonds. The van der Waals surface area contributed by atoms with Crippen LogP contribution in [0.15, 0.2) is 41.4 Å². The van der Waals surface area contributed by atoms with Crippen molar-refractivity contribution in [2.75, 3.05) is 13.3 Å². The van der Waals surface area contributed by atoms with E-state index in [1.807, 2.05) is 6.07 Å². The van der Waals surface area contributed by atoms with Crippen molar-refractivity contribution in [3.05, 3.63) is 36.4 Å². The van der Waals surface area contributed by atoms with E-state index in [2.05, 4.69) is 15.6 Å². The lowest BCUT2D eigenvalue weighted by molar-refractivity contribution is 0.0545. The fourth-order valence-corrected chi connectivity index (χ4v) is 2.54. The van der Waals surface area contributed by atoms with Crippen molar-refractivity contribution in [1.29, 1.82) is 0 Å². The number of fused-ring (bicyclic) bond motifs is 1. The standard InChI is InChI=1S/C23H30FN3O5/c1-22(2,3)31-20(28)26-19(27-21(29)32-23(4,5)6)25-17-9-7-16-14-18(30-12-11-24)10-8-15(16)13-17/h7-10,13-14H,11-12H2,1-6H3,(H2,25,26,27,28,29). The van der Waals surface area contributed by atoms with Gasteiger partial charge in [-0.1, -0.05) is 12.1 Å². The average Bonchev–Trinajstić information content (AvgIpc) is 2.63. The van der Waals surface area contributed by atoms with E-state index in [4.69, 9.17) is 14.2 Å². The summed E-state index contributed by atoms with van der Waals surface area (Å²) in [6.07, 6.45) is -1.55. The molecule has 2 aromatic carbocycles. The number of alkyl carbamates (subject to hydrolysis) is 2. The van der Waals surface area contributed by atoms with Gasteiger partial charge in [0.1, 0.15) is 30.2 Å². The van der Waals surface area contributed by atoms with Crippen molar-refractivity contribution in [3.8, 4) is 5.75 Å². The van der Waals surface area contributed by atoms with E-state index in [1.54, 1.807) is 71.9 Å². The fourth-order valence-electron chi connectivity index (χ4n) is 2.54. The highest BCUT2D eigenvalue weighted by molar-refractivity contribution is 6.02. The Morgan fingerprint density at radius 3 is 1.94 bits per heavy atom. The van der Waals surface area contributed by atoms with Gasteiger partial charge in [-0.05, 0) is 76.6 Å². The first kappa shape index (κ1) is 24.9. The third kappa shape index (κ3) is 8.79. The summed E-state index contributed by atoms with van der Waals surface area (Å²) in [5, 5.41) is 6.58. The van der Waals surface area contributed by atoms with Crippen LogP contribution in [0, 0.1) is 0 Å². The van der Waals surface area contributed by atoms with Crippen molar-refractivity contribution in [2.45, 2.75) is 52.7 Å². The lowest BCUT2D eigenvalue weighted by Crippen LogP contribution is -2.47. The molecule has 0 aromatic heterocycles. The molecule has 0 heterocycles. The number of guanidine groups is 1. The molecule has 0 fully saturated rings. The number of hydrogen-bond acceptors (Lipinski definition) is 6. The molecule has 2 aromatic rings. The number of ether oxygens (including phenoxy) is 3. The number of nitrogens with zero attached hydrogens (tertiary/aromatic N) is 1. The molecular weight excluding hydrogens is 417 g/mol. The number of hydrogen-bond donors (Lipinski definition) is 2. The van der Waals surface area contributed by atoms with Crippen molar-refractivity contribution in [2.24, 2.45) is 4.99 Å². The molecule has 2 rings (SSSR count). The smallest absolute Gasteiger partial charge is 0.414 e. The van der Waals surface area contributed by atoms with Crippen molar-refractivity contribution < 1.29 is 28.2 Å². The quantitative estimate of drug-likeness (QED) is 0.494. The van der Waals surface area contributed by atoms with Crippen LogP contribution in [0.1, 0.15) is 41.5 Å². The zero-order valence-electron chi connectivity index (χ0n) is 19.2. The minimum atomic E-state index is -0.775. The molecule has 9 heteroatoms. The van der Waals surface area contributed by atoms with Gasteiger partial charge in [0.05, 0.1) is 5.69 Å². The Balaban J connectivity index is 2.29. The van der Waals surface area contributed by atoms with Gasteiger partial charge in [0.2, 0.25) is 5.96 Å². The number of rotatable bonds is 4. The predicted molar refractivity (Wildman–Crippen MR) is 121 cm³/mol. The van der Waals surface area contributed by atoms with Crippen LogP contribution in [-0.2, 0) is 9.47 Å². The van der Waals surface area contributed by atoms with E-state index in [0.29, 0.717) is 11.4 Å². The Morgan fingerprint density at radius 1 is 0.875 bits per heavy atom. The molecule has 0 bridgehead atoms. The SMILES string of the molecule is CC(C)(C)OC(=O)NC(=Nc1ccc2cc(OCCF)ccc2c1)NC(=O)OC(C)(C)C. The minimum absolute atomic E-state index is 0.0100. The van der Waals surface area contributed by atoms with Crippen molar-refractivity contribution in [1.82, 2.24) is 10.6 Å². The van der Waals surface area contributed by atoms with Crippen LogP contribution < -0.4 is 15.4 Å². The van der Waals surface area contributed by atoms with Gasteiger partial charge in [0.25, 0.3) is 0 Å². The Morgan fingerprint density at radius 2 is 1.41 bits per heavy atom. The first-order valence-corrected chi connectivity index (χ1v) is 10.2. The molecule has 32 heavy (non-hydrogen) atoms. The Kier molecular flexibility index (Phi) is 8.02. The molecule has 0 spiro atoms. The molecular formula is C23H30FN3O5. The van der Waals surface area contributed by atoms with Gasteiger partial charge in [-0.3, -0.25) is 10.6 Å². The topological polar surface area (TPSA) is 98.3 Å². The monoisotopic (exact) mass is 447 g/mol. The summed E-state index contributed by atoms with van der Waals surface area (Å²) in [6.45, 7) is 9.76. The van der Waals surface area contributed by atoms with Gasteiger partial charge in [-0.25, -0.2) is 19.0 Å². The maximum Gasteiger partial charge on any atom is 0.414 e. The number of carbonyl (C=O) groups excluding carboxylic acids is 2. The minimum Gasteiger partial charge on any atom is -0.491 e. The average molecular weight is 448 g/mol. The molecule has 0 aliphatic heterocycles. The van der Waals surface area contributed by atoms with Crippen LogP contribution in [0.4, 0.5) is 19.7 Å². The highest BCUT2D eigenvalue weighted by atomic mass is 19.1. The maximum absolute atomic E-state index is 12.3. The highest BCUT2D eigenvalue weighted by Gasteiger charge is 2.21. The van der Waals surface area contributed by atoms with Crippen molar-refractivity contribution >= 4 is 34.6 Å². The lowest BCUT2D eigenvalue weighted by Gasteiger charge is -2.22. The summed E-state index contributed by atoms with van der Waals surface area (Å²) < 4.78 is 28.1. The molecule has 0 unspecified atom stereocenters. The Labute approximate surface area is 187 Å². The summed E-state index contributed by atoms with van der Waals surface area (Å²) in [7, 11) is 0. The first-order valence-electron chi connectivity index (χ1n) is 10.2. The van der Waals surface area contributed by atoms with Gasteiger partial charge in [-0.2, -0.15) is 0 Å². The third-order valence-electron chi connectivity index (χ3n) is 3.62. The molecule has 174 valence electrons. The number of carbonyl (C=O) groups is 2. The highest BCUT2D eigenvalue weighted by Crippen LogP contribution is 2.25. The molecule has 2 N–H and O–H groups in total. The summed E-state index contributed by atoms with van der Waals surface area (Å²) in [6, 6.07) is 10.6. The fraction of sp³-hybridized carbons (Fsp3) is 0.435. The second kappa shape index (κ2) is 10.3. The van der Waals surface area contributed by atoms with E-state index >= 15 is 0 Å². The first-order chi connectivity index (χ1) is 14.8. The summed E-state index contributed by atoms with van der Waals surface area (Å²) in [5.41, 5.74) is -0.991. The van der Waals surface area contributed by atoms with Crippen LogP contribution in [0.25, 0.3) is 10.8 Å². The largest absolute Gasteiger partial charge is 0.491 e. The van der Waals surface area contributed by atoms with E-state index in [1.165, 1.54) is 0 Å². The molecule has 0 atom stereocenters. The number of nitrogens with one attached hydrogen (secondary N) is 2. The maximum atomic E-state index is 12.3. The van der Waals surface area contributed by atoms with Gasteiger partial charge in [0.15, 0.2) is 0 Å². The van der Waals surface area contributed by atoms with Gasteiger partial charge in [0, 0.05) is 0 Å². The Bertz CT molecular complexity index is 961. The molecule has 0 saturated carbocycles. The number of aliphatic imine (C=N–C) groups is 1. The predicted octanol–water partition coefficient (Wildman–Crippen LogP) is 5.23. The zero-order chi connectivity index (χ0) is 23.9. The summed E-state index contributed by atoms with van der Waals surface area (Å²) >= 11 is 0. The van der Waals surface area contributed by atoms with Crippen molar-refractivity contribution in [3.63, 3.8) is 0 Å². The van der Waals surface area contributed by atoms with E-state index < -0.39 is 30.1 Å². The molecule has 0 saturated heterocycles. The third-order valence-corrected chi connectivity index (χ3v) is 3.62. The van der Waals surface area contributed by atoms with E-state index in [-0.39, 0.29) is 12.6 Å². The van der Waals surface area contributed by atoms with E-state index in [9.17, 15) is 14.0 Å². The van der Waals surface area contributed by atoms with E-state index in [0.717, 1.165) is 10.8 Å². The van der Waals surface area contributed by atoms with Crippen LogP contribution in [0.2, 0.25) is 0 Å². The Hall–Kier alpha value is -3.36. The second-order valence-corrected chi connectivity index (χ2v) is 8.94. The molecule has 0 radical (unpaired) electrons. The van der Waals surface area contributed by atoms with Crippen LogP contribution in [0.3, 0.4) is 0 Å². The second-order valence-electron chi connectivity index (χ2n) is 8.94. The molecule has 0 aliphatic carbocycles. The molecule has 8 nitrogen and oxygen atoms in total. The lowest BCUT2D eigenvalue weighted by atomic mass is 10.1. The number of halogens is 1. The van der Waals surface area contributed by atoms with Crippen LogP contribution in [0.5, 0.6) is 5.75 Å². The number of benzene rings is 2. The van der Waals surface area contributed by atoms with Crippen LogP contribution >= 0.6 is 0 Å². The summed E-state index contributed by atoms with van der Waals surface area (Å²) in [4.78, 5) is 28.8. The number of amides is 2.